The first kappa shape index (κ1) is 1.35. The largest absolute Gasteiger partial charge is 0.330 e. The predicted molar refractivity (Wildman–Crippen MR) is 82.5 cm³/mol. The third-order valence-corrected chi connectivity index (χ3v) is 1.91. The van der Waals surface area contributed by atoms with E-state index in [1.54, 1.807) is 0 Å². The molecule has 1 heteroatoms. The van der Waals surface area contributed by atoms with Crippen molar-refractivity contribution in [2.45, 2.75) is 20.3 Å². The average Bonchev–Trinajstić information content (AvgIpc) is 3.15. The van der Waals surface area contributed by atoms with Crippen LogP contribution in [0.15, 0.2) is 18.2 Å². The Bertz CT molecular complexity index is 275. The van der Waals surface area contributed by atoms with E-state index in [1.165, 1.54) is 16.7 Å². The van der Waals surface area contributed by atoms with E-state index in [-0.39, 0.29) is 1.43 Å². The lowest BCUT2D eigenvalue weighted by Gasteiger charge is -2.04. The second-order valence-electron chi connectivity index (χ2n) is 2.97. The zero-order valence-electron chi connectivity index (χ0n) is 37.2. The van der Waals surface area contributed by atoms with Gasteiger partial charge >= 0.3 is 0 Å². The Morgan fingerprint density at radius 1 is 1.45 bits per heavy atom. The lowest BCUT2D eigenvalue weighted by molar-refractivity contribution is 0.956. The third-order valence-electron chi connectivity index (χ3n) is 1.91. The number of rotatable bonds is 2. The number of hydrogen-bond acceptors (Lipinski definition) is 1. The van der Waals surface area contributed by atoms with Gasteiger partial charge in [-0.1, -0.05) is 23.8 Å². The fourth-order valence-electron chi connectivity index (χ4n) is 1.28. The van der Waals surface area contributed by atoms with E-state index in [0.717, 1.165) is 13.0 Å². The topological polar surface area (TPSA) is 26.0 Å². The van der Waals surface area contributed by atoms with Crippen LogP contribution in [0.1, 0.15) is 62.7 Å². The van der Waals surface area contributed by atoms with Gasteiger partial charge in [0.15, 0.2) is 0 Å². The number of aryl methyl sites for hydroxylation is 2. The quantitative estimate of drug-likeness (QED) is 0.665. The summed E-state index contributed by atoms with van der Waals surface area (Å²) in [4.78, 5) is 0. The summed E-state index contributed by atoms with van der Waals surface area (Å²) in [5.41, 5.74) is 9.52. The van der Waals surface area contributed by atoms with Crippen LogP contribution in [-0.4, -0.2) is 6.54 Å². The molecule has 0 unspecified atom stereocenters. The maximum absolute atomic E-state index is 5.47. The Balaban J connectivity index is -0.0000000136. The van der Waals surface area contributed by atoms with Crippen molar-refractivity contribution in [2.75, 3.05) is 6.54 Å². The molecule has 1 nitrogen and oxygen atoms in total. The highest BCUT2D eigenvalue weighted by Gasteiger charge is 1.95. The minimum absolute atomic E-state index is 0. The van der Waals surface area contributed by atoms with Gasteiger partial charge in [-0.15, -0.1) is 0 Å². The van der Waals surface area contributed by atoms with Crippen LogP contribution >= 0.6 is 0 Å². The van der Waals surface area contributed by atoms with Crippen LogP contribution in [0.5, 0.6) is 0 Å². The van der Waals surface area contributed by atoms with E-state index >= 15 is 0 Å². The summed E-state index contributed by atoms with van der Waals surface area (Å²) in [5.74, 6) is 0. The van der Waals surface area contributed by atoms with Crippen molar-refractivity contribution in [3.8, 4) is 0 Å². The van der Waals surface area contributed by atoms with Crippen LogP contribution in [0, 0.1) is 13.8 Å². The molecule has 0 aliphatic heterocycles. The van der Waals surface area contributed by atoms with Crippen LogP contribution in [0.2, 0.25) is 0 Å². The minimum atomic E-state index is 0. The third kappa shape index (κ3) is 2.05. The smallest absolute Gasteiger partial charge is 0 e. The van der Waals surface area contributed by atoms with E-state index in [9.17, 15) is 0 Å². The predicted octanol–water partition coefficient (Wildman–Crippen LogP) is 5.74. The van der Waals surface area contributed by atoms with Crippen molar-refractivity contribution in [1.29, 1.82) is 0 Å². The standard InChI is InChI=1S/C10H15N.16H2/c1-8-3-4-10(5-6-11)9(2)7-8;;;;;;;;;;;;;;;;/h3-4,7H,5-6,11H2,1-2H3;16*1H/i;15*1+1D;1+1. The average molecular weight is 213 g/mol. The molecule has 1 aromatic carbocycles. The molecule has 0 aliphatic rings. The zero-order chi connectivity index (χ0) is 38.3. The van der Waals surface area contributed by atoms with Crippen LogP contribution < -0.4 is 5.73 Å². The molecular weight excluding hydrogens is 134 g/mol. The molecule has 92 valence electrons. The van der Waals surface area contributed by atoms with Crippen molar-refractivity contribution in [3.05, 3.63) is 34.9 Å². The maximum atomic E-state index is 5.47. The van der Waals surface area contributed by atoms with Gasteiger partial charge in [0, 0.05) is 46.0 Å². The minimum Gasteiger partial charge on any atom is -0.330 e. The molecule has 0 heterocycles. The molecule has 0 saturated carbocycles. The van der Waals surface area contributed by atoms with Gasteiger partial charge in [-0.2, -0.15) is 0 Å². The van der Waals surface area contributed by atoms with Crippen LogP contribution in [-0.2, 0) is 6.42 Å². The van der Waals surface area contributed by atoms with Gasteiger partial charge in [-0.3, -0.25) is 0 Å². The maximum Gasteiger partial charge on any atom is 0 e. The summed E-state index contributed by atoms with van der Waals surface area (Å²) in [7, 11) is 0. The van der Waals surface area contributed by atoms with Crippen LogP contribution in [0.25, 0.3) is 0 Å². The first-order valence-corrected chi connectivity index (χ1v) is 4.00. The van der Waals surface area contributed by atoms with Gasteiger partial charge < -0.3 is 5.73 Å². The van der Waals surface area contributed by atoms with Crippen molar-refractivity contribution >= 4 is 0 Å². The van der Waals surface area contributed by atoms with Crippen LogP contribution in [0.3, 0.4) is 0 Å². The Kier molecular flexibility index (Phi) is 0.435. The fraction of sp³-hybridized carbons (Fsp3) is 0.400. The number of nitrogens with two attached hydrogens (primary N) is 1. The number of hydrogen-bond donors (Lipinski definition) is 1. The molecule has 0 spiro atoms. The SMILES string of the molecule is Cc1ccc(CCN)c(C)c1.[2HH].[2H][2H].[2H][2H].[2H][2H].[2H][2H].[2H][2H].[2H][2H].[2H][2H].[2H][2H].[2H][2H].[2H][2H].[2H][2H].[2H][2H].[2H][2H].[2H][2H].[2H][2H]. The Hall–Kier alpha value is -0.820. The lowest BCUT2D eigenvalue weighted by Crippen LogP contribution is -2.03. The van der Waals surface area contributed by atoms with Gasteiger partial charge in [0.05, 0.1) is 0 Å². The Labute approximate surface area is 116 Å². The van der Waals surface area contributed by atoms with Crippen molar-refractivity contribution < 1.29 is 46.0 Å². The monoisotopic (exact) mass is 213 g/mol. The molecule has 0 aromatic heterocycles. The highest BCUT2D eigenvalue weighted by molar-refractivity contribution is 5.30. The first-order chi connectivity index (χ1) is 20.2. The van der Waals surface area contributed by atoms with Crippen LogP contribution in [0.4, 0.5) is 0 Å². The van der Waals surface area contributed by atoms with Gasteiger partial charge in [-0.25, -0.2) is 0 Å². The first-order valence-electron chi connectivity index (χ1n) is 19.0. The second-order valence-corrected chi connectivity index (χ2v) is 2.97. The van der Waals surface area contributed by atoms with E-state index in [1.807, 2.05) is 0 Å². The molecule has 0 aliphatic carbocycles. The highest BCUT2D eigenvalue weighted by atomic mass is 14.5. The van der Waals surface area contributed by atoms with Crippen molar-refractivity contribution in [3.63, 3.8) is 0 Å². The summed E-state index contributed by atoms with van der Waals surface area (Å²) < 4.78 is 150. The summed E-state index contributed by atoms with van der Waals surface area (Å²) in [6, 6.07) is 6.50. The molecule has 0 bridgehead atoms. The van der Waals surface area contributed by atoms with Crippen molar-refractivity contribution in [2.24, 2.45) is 5.73 Å². The van der Waals surface area contributed by atoms with Crippen molar-refractivity contribution in [1.82, 2.24) is 0 Å². The molecule has 11 heavy (non-hydrogen) atoms. The molecule has 0 fully saturated rings. The zero-order valence-corrected chi connectivity index (χ0v) is 7.22. The molecule has 0 atom stereocenters. The summed E-state index contributed by atoms with van der Waals surface area (Å²) >= 11 is 0. The molecule has 0 saturated heterocycles. The van der Waals surface area contributed by atoms with Gasteiger partial charge in [0.25, 0.3) is 0 Å². The molecule has 1 rings (SSSR count). The summed E-state index contributed by atoms with van der Waals surface area (Å²) in [5, 5.41) is 0. The van der Waals surface area contributed by atoms with E-state index in [0.29, 0.717) is 0 Å². The second kappa shape index (κ2) is 3.54. The Morgan fingerprint density at radius 3 is 2.73 bits per heavy atom. The summed E-state index contributed by atoms with van der Waals surface area (Å²) in [6.45, 7) is 4.99. The molecular formula is C10H47N. The Morgan fingerprint density at radius 2 is 2.18 bits per heavy atom. The fourth-order valence-corrected chi connectivity index (χ4v) is 1.28. The summed E-state index contributed by atoms with van der Waals surface area (Å²) in [6.07, 6.45) is 0.992. The molecule has 1 aromatic rings. The normalized spacial score (nSPS) is 21.0. The molecule has 0 radical (unpaired) electrons. The molecule has 0 amide bonds. The number of benzene rings is 1. The van der Waals surface area contributed by atoms with Gasteiger partial charge in [0.1, 0.15) is 0 Å². The van der Waals surface area contributed by atoms with E-state index in [4.69, 9.17) is 50.3 Å². The van der Waals surface area contributed by atoms with Gasteiger partial charge in [0.2, 0.25) is 0 Å². The lowest BCUT2D eigenvalue weighted by atomic mass is 10.0. The highest BCUT2D eigenvalue weighted by Crippen LogP contribution is 2.10. The molecule has 2 N–H and O–H groups in total. The van der Waals surface area contributed by atoms with Gasteiger partial charge in [-0.05, 0) is 37.9 Å². The van der Waals surface area contributed by atoms with E-state index < -0.39 is 0 Å². The van der Waals surface area contributed by atoms with E-state index in [2.05, 4.69) is 32.0 Å².